The number of ether oxygens (including phenoxy) is 1. The van der Waals surface area contributed by atoms with Gasteiger partial charge in [0, 0.05) is 18.0 Å². The molecule has 3 heteroatoms. The minimum atomic E-state index is -0.160. The zero-order valence-electron chi connectivity index (χ0n) is 13.7. The third kappa shape index (κ3) is 3.10. The van der Waals surface area contributed by atoms with Crippen LogP contribution >= 0.6 is 0 Å². The maximum absolute atomic E-state index is 9.73. The lowest BCUT2D eigenvalue weighted by molar-refractivity contribution is -0.239. The van der Waals surface area contributed by atoms with E-state index in [-0.39, 0.29) is 18.4 Å². The molecule has 0 aromatic heterocycles. The molecule has 1 heterocycles. The summed E-state index contributed by atoms with van der Waals surface area (Å²) in [6.45, 7) is 12.1. The van der Waals surface area contributed by atoms with E-state index in [1.807, 2.05) is 0 Å². The van der Waals surface area contributed by atoms with Crippen molar-refractivity contribution >= 4 is 0 Å². The minimum absolute atomic E-state index is 0.0810. The Hall–Kier alpha value is -0.380. The van der Waals surface area contributed by atoms with E-state index in [1.54, 1.807) is 0 Å². The van der Waals surface area contributed by atoms with Crippen LogP contribution in [0.15, 0.2) is 11.6 Å². The molecule has 3 nitrogen and oxygen atoms in total. The van der Waals surface area contributed by atoms with Crippen molar-refractivity contribution in [3.63, 3.8) is 0 Å². The van der Waals surface area contributed by atoms with Gasteiger partial charge in [0.1, 0.15) is 6.23 Å². The molecule has 2 rings (SSSR count). The monoisotopic (exact) mass is 281 g/mol. The second-order valence-corrected chi connectivity index (χ2v) is 7.42. The molecule has 0 spiro atoms. The fourth-order valence-electron chi connectivity index (χ4n) is 3.92. The van der Waals surface area contributed by atoms with Gasteiger partial charge in [0.2, 0.25) is 0 Å². The van der Waals surface area contributed by atoms with Crippen molar-refractivity contribution < 1.29 is 9.84 Å². The largest absolute Gasteiger partial charge is 0.392 e. The van der Waals surface area contributed by atoms with Gasteiger partial charge in [-0.3, -0.25) is 4.90 Å². The second-order valence-electron chi connectivity index (χ2n) is 7.42. The van der Waals surface area contributed by atoms with Gasteiger partial charge in [-0.15, -0.1) is 0 Å². The average molecular weight is 281 g/mol. The molecule has 1 aliphatic carbocycles. The number of aliphatic hydroxyl groups is 1. The van der Waals surface area contributed by atoms with E-state index in [1.165, 1.54) is 18.4 Å². The third-order valence-corrected chi connectivity index (χ3v) is 5.23. The van der Waals surface area contributed by atoms with Gasteiger partial charge >= 0.3 is 0 Å². The number of fused-ring (bicyclic) bond motifs is 1. The van der Waals surface area contributed by atoms with Gasteiger partial charge in [-0.25, -0.2) is 0 Å². The van der Waals surface area contributed by atoms with Crippen LogP contribution in [0.25, 0.3) is 0 Å². The highest BCUT2D eigenvalue weighted by molar-refractivity contribution is 5.04. The molecule has 0 unspecified atom stereocenters. The van der Waals surface area contributed by atoms with E-state index in [0.717, 1.165) is 18.9 Å². The number of rotatable bonds is 3. The number of allylic oxidation sites excluding steroid dienone is 1. The number of nitrogens with zero attached hydrogens (tertiary/aromatic N) is 1. The van der Waals surface area contributed by atoms with Gasteiger partial charge in [-0.2, -0.15) is 0 Å². The van der Waals surface area contributed by atoms with Gasteiger partial charge in [0.25, 0.3) is 0 Å². The normalized spacial score (nSPS) is 37.3. The minimum Gasteiger partial charge on any atom is -0.392 e. The molecule has 4 atom stereocenters. The van der Waals surface area contributed by atoms with E-state index in [9.17, 15) is 5.11 Å². The van der Waals surface area contributed by atoms with Gasteiger partial charge in [0.05, 0.1) is 12.7 Å². The summed E-state index contributed by atoms with van der Waals surface area (Å²) in [5.74, 6) is 1.32. The molecule has 0 aromatic rings. The molecule has 2 aliphatic rings. The van der Waals surface area contributed by atoms with Gasteiger partial charge in [-0.1, -0.05) is 25.0 Å². The first-order valence-corrected chi connectivity index (χ1v) is 8.02. The molecule has 0 aromatic carbocycles. The molecule has 2 fully saturated rings. The lowest BCUT2D eigenvalue weighted by Crippen LogP contribution is -2.65. The summed E-state index contributed by atoms with van der Waals surface area (Å²) >= 11 is 0. The maximum Gasteiger partial charge on any atom is 0.135 e. The molecule has 116 valence electrons. The van der Waals surface area contributed by atoms with Crippen LogP contribution in [0.4, 0.5) is 0 Å². The van der Waals surface area contributed by atoms with Crippen molar-refractivity contribution in [3.05, 3.63) is 11.6 Å². The zero-order valence-corrected chi connectivity index (χ0v) is 13.7. The number of hydrogen-bond donors (Lipinski definition) is 1. The van der Waals surface area contributed by atoms with E-state index < -0.39 is 0 Å². The predicted molar refractivity (Wildman–Crippen MR) is 82.5 cm³/mol. The lowest BCUT2D eigenvalue weighted by Gasteiger charge is -2.56. The van der Waals surface area contributed by atoms with Crippen LogP contribution in [0.1, 0.15) is 53.9 Å². The van der Waals surface area contributed by atoms with Crippen LogP contribution in [0.3, 0.4) is 0 Å². The van der Waals surface area contributed by atoms with Crippen LogP contribution < -0.4 is 0 Å². The van der Waals surface area contributed by atoms with Crippen molar-refractivity contribution in [2.45, 2.75) is 71.8 Å². The Kier molecular flexibility index (Phi) is 4.93. The fourth-order valence-corrected chi connectivity index (χ4v) is 3.92. The van der Waals surface area contributed by atoms with Crippen molar-refractivity contribution in [1.29, 1.82) is 0 Å². The Morgan fingerprint density at radius 1 is 1.35 bits per heavy atom. The van der Waals surface area contributed by atoms with Crippen molar-refractivity contribution in [1.82, 2.24) is 4.90 Å². The third-order valence-electron chi connectivity index (χ3n) is 5.23. The molecular formula is C17H31NO2. The number of hydrogen-bond acceptors (Lipinski definition) is 3. The van der Waals surface area contributed by atoms with Crippen LogP contribution in [0.5, 0.6) is 0 Å². The summed E-state index contributed by atoms with van der Waals surface area (Å²) in [7, 11) is 0. The molecule has 0 radical (unpaired) electrons. The Morgan fingerprint density at radius 3 is 2.65 bits per heavy atom. The Balaban J connectivity index is 2.20. The fraction of sp³-hybridized carbons (Fsp3) is 0.882. The van der Waals surface area contributed by atoms with Gasteiger partial charge in [-0.05, 0) is 46.5 Å². The van der Waals surface area contributed by atoms with E-state index >= 15 is 0 Å². The van der Waals surface area contributed by atoms with E-state index in [4.69, 9.17) is 4.74 Å². The standard InChI is InChI=1S/C17H31NO2/c1-12(2)8-9-18-16(11-19)20-15-10-13(3)6-7-14(15)17(18,4)5/h8,13-16,19H,6-7,9-11H2,1-5H3/t13-,14-,15-,16+/m1/s1. The first-order chi connectivity index (χ1) is 9.36. The summed E-state index contributed by atoms with van der Waals surface area (Å²) in [4.78, 5) is 2.34. The van der Waals surface area contributed by atoms with Crippen LogP contribution in [0.2, 0.25) is 0 Å². The zero-order chi connectivity index (χ0) is 14.9. The number of aliphatic hydroxyl groups excluding tert-OH is 1. The first-order valence-electron chi connectivity index (χ1n) is 8.02. The van der Waals surface area contributed by atoms with Crippen LogP contribution in [-0.4, -0.2) is 41.0 Å². The average Bonchev–Trinajstić information content (AvgIpc) is 2.35. The second kappa shape index (κ2) is 6.17. The predicted octanol–water partition coefficient (Wildman–Crippen LogP) is 3.19. The molecular weight excluding hydrogens is 250 g/mol. The van der Waals surface area contributed by atoms with Gasteiger partial charge < -0.3 is 9.84 Å². The summed E-state index contributed by atoms with van der Waals surface area (Å²) in [5.41, 5.74) is 1.40. The smallest absolute Gasteiger partial charge is 0.135 e. The molecule has 0 bridgehead atoms. The highest BCUT2D eigenvalue weighted by atomic mass is 16.5. The van der Waals surface area contributed by atoms with E-state index in [0.29, 0.717) is 12.0 Å². The molecule has 1 saturated carbocycles. The maximum atomic E-state index is 9.73. The molecule has 20 heavy (non-hydrogen) atoms. The van der Waals surface area contributed by atoms with Crippen LogP contribution in [-0.2, 0) is 4.74 Å². The van der Waals surface area contributed by atoms with Crippen LogP contribution in [0, 0.1) is 11.8 Å². The molecule has 0 amide bonds. The quantitative estimate of drug-likeness (QED) is 0.806. The highest BCUT2D eigenvalue weighted by Crippen LogP contribution is 2.44. The molecule has 1 saturated heterocycles. The lowest BCUT2D eigenvalue weighted by atomic mass is 9.70. The first kappa shape index (κ1) is 16.0. The van der Waals surface area contributed by atoms with Gasteiger partial charge in [0.15, 0.2) is 0 Å². The summed E-state index contributed by atoms with van der Waals surface area (Å²) in [6.07, 6.45) is 6.07. The Labute approximate surface area is 124 Å². The Bertz CT molecular complexity index is 360. The van der Waals surface area contributed by atoms with Crippen molar-refractivity contribution in [2.75, 3.05) is 13.2 Å². The summed E-state index contributed by atoms with van der Waals surface area (Å²) < 4.78 is 6.24. The topological polar surface area (TPSA) is 32.7 Å². The molecule has 1 N–H and O–H groups in total. The molecule has 1 aliphatic heterocycles. The highest BCUT2D eigenvalue weighted by Gasteiger charge is 2.49. The van der Waals surface area contributed by atoms with Crippen molar-refractivity contribution in [3.8, 4) is 0 Å². The van der Waals surface area contributed by atoms with E-state index in [2.05, 4.69) is 45.6 Å². The Morgan fingerprint density at radius 2 is 2.05 bits per heavy atom. The summed E-state index contributed by atoms with van der Waals surface area (Å²) in [6, 6.07) is 0. The summed E-state index contributed by atoms with van der Waals surface area (Å²) in [5, 5.41) is 9.73. The SMILES string of the molecule is CC(C)=CCN1[C@H](CO)O[C@@H]2C[C@H](C)CC[C@H]2C1(C)C. The van der Waals surface area contributed by atoms with Crippen molar-refractivity contribution in [2.24, 2.45) is 11.8 Å².